The zero-order chi connectivity index (χ0) is 19.1. The van der Waals surface area contributed by atoms with Gasteiger partial charge in [-0.1, -0.05) is 0 Å². The second-order valence-corrected chi connectivity index (χ2v) is 6.72. The SMILES string of the molecule is CCNC(=NCCOc1ccc2c(c1)OCO2)N1CCCC(CC(N)=O)C1. The van der Waals surface area contributed by atoms with Crippen molar-refractivity contribution in [3.8, 4) is 17.2 Å². The summed E-state index contributed by atoms with van der Waals surface area (Å²) in [6, 6.07) is 5.54. The number of hydrogen-bond acceptors (Lipinski definition) is 5. The van der Waals surface area contributed by atoms with Gasteiger partial charge in [-0.15, -0.1) is 0 Å². The smallest absolute Gasteiger partial charge is 0.231 e. The van der Waals surface area contributed by atoms with Crippen LogP contribution < -0.4 is 25.3 Å². The average molecular weight is 376 g/mol. The zero-order valence-electron chi connectivity index (χ0n) is 15.8. The van der Waals surface area contributed by atoms with Gasteiger partial charge in [0.15, 0.2) is 17.5 Å². The maximum absolute atomic E-state index is 11.2. The van der Waals surface area contributed by atoms with Crippen LogP contribution >= 0.6 is 0 Å². The molecule has 1 unspecified atom stereocenters. The predicted molar refractivity (Wildman–Crippen MR) is 102 cm³/mol. The second-order valence-electron chi connectivity index (χ2n) is 6.72. The third-order valence-corrected chi connectivity index (χ3v) is 4.61. The van der Waals surface area contributed by atoms with Gasteiger partial charge in [0.05, 0.1) is 6.54 Å². The van der Waals surface area contributed by atoms with E-state index < -0.39 is 0 Å². The average Bonchev–Trinajstić information content (AvgIpc) is 3.12. The number of nitrogens with one attached hydrogen (secondary N) is 1. The van der Waals surface area contributed by atoms with Crippen molar-refractivity contribution in [1.29, 1.82) is 0 Å². The van der Waals surface area contributed by atoms with Gasteiger partial charge in [-0.25, -0.2) is 4.99 Å². The Bertz CT molecular complexity index is 680. The normalized spacial score (nSPS) is 19.1. The number of carbonyl (C=O) groups is 1. The van der Waals surface area contributed by atoms with Crippen LogP contribution in [0.1, 0.15) is 26.2 Å². The first kappa shape index (κ1) is 19.1. The number of amides is 1. The van der Waals surface area contributed by atoms with Crippen molar-refractivity contribution < 1.29 is 19.0 Å². The van der Waals surface area contributed by atoms with Crippen LogP contribution in [0.2, 0.25) is 0 Å². The van der Waals surface area contributed by atoms with Crippen molar-refractivity contribution in [3.63, 3.8) is 0 Å². The molecular weight excluding hydrogens is 348 g/mol. The highest BCUT2D eigenvalue weighted by molar-refractivity contribution is 5.80. The van der Waals surface area contributed by atoms with E-state index in [1.165, 1.54) is 0 Å². The highest BCUT2D eigenvalue weighted by atomic mass is 16.7. The molecule has 1 fully saturated rings. The molecule has 1 atom stereocenters. The Kier molecular flexibility index (Phi) is 6.62. The molecule has 0 aromatic heterocycles. The van der Waals surface area contributed by atoms with Gasteiger partial charge in [0.1, 0.15) is 12.4 Å². The van der Waals surface area contributed by atoms with E-state index in [1.54, 1.807) is 0 Å². The minimum Gasteiger partial charge on any atom is -0.492 e. The number of likely N-dealkylation sites (tertiary alicyclic amines) is 1. The molecule has 0 bridgehead atoms. The maximum atomic E-state index is 11.2. The summed E-state index contributed by atoms with van der Waals surface area (Å²) in [7, 11) is 0. The highest BCUT2D eigenvalue weighted by Crippen LogP contribution is 2.35. The molecule has 0 spiro atoms. The molecule has 0 radical (unpaired) electrons. The van der Waals surface area contributed by atoms with Gasteiger partial charge in [-0.2, -0.15) is 0 Å². The van der Waals surface area contributed by atoms with Crippen molar-refractivity contribution >= 4 is 11.9 Å². The van der Waals surface area contributed by atoms with Crippen LogP contribution in [0.4, 0.5) is 0 Å². The van der Waals surface area contributed by atoms with Crippen LogP contribution in [-0.2, 0) is 4.79 Å². The molecule has 1 amide bonds. The summed E-state index contributed by atoms with van der Waals surface area (Å²) in [5.41, 5.74) is 5.35. The minimum absolute atomic E-state index is 0.235. The Labute approximate surface area is 159 Å². The van der Waals surface area contributed by atoms with Gasteiger partial charge in [0.2, 0.25) is 12.7 Å². The number of carbonyl (C=O) groups excluding carboxylic acids is 1. The first-order valence-corrected chi connectivity index (χ1v) is 9.49. The molecule has 0 aliphatic carbocycles. The van der Waals surface area contributed by atoms with E-state index >= 15 is 0 Å². The monoisotopic (exact) mass is 376 g/mol. The van der Waals surface area contributed by atoms with Gasteiger partial charge in [-0.05, 0) is 37.8 Å². The van der Waals surface area contributed by atoms with Crippen molar-refractivity contribution in [1.82, 2.24) is 10.2 Å². The number of nitrogens with two attached hydrogens (primary N) is 1. The van der Waals surface area contributed by atoms with E-state index in [-0.39, 0.29) is 12.7 Å². The topological polar surface area (TPSA) is 98.4 Å². The van der Waals surface area contributed by atoms with E-state index in [0.717, 1.165) is 49.9 Å². The van der Waals surface area contributed by atoms with Crippen molar-refractivity contribution in [3.05, 3.63) is 18.2 Å². The summed E-state index contributed by atoms with van der Waals surface area (Å²) in [5.74, 6) is 3.11. The molecule has 148 valence electrons. The molecule has 27 heavy (non-hydrogen) atoms. The van der Waals surface area contributed by atoms with E-state index in [4.69, 9.17) is 19.9 Å². The van der Waals surface area contributed by atoms with Crippen molar-refractivity contribution in [2.45, 2.75) is 26.2 Å². The van der Waals surface area contributed by atoms with E-state index in [1.807, 2.05) is 25.1 Å². The molecule has 8 nitrogen and oxygen atoms in total. The Hall–Kier alpha value is -2.64. The first-order chi connectivity index (χ1) is 13.2. The van der Waals surface area contributed by atoms with Crippen molar-refractivity contribution in [2.24, 2.45) is 16.6 Å². The molecular formula is C19H28N4O4. The summed E-state index contributed by atoms with van der Waals surface area (Å²) in [6.07, 6.45) is 2.51. The van der Waals surface area contributed by atoms with Crippen LogP contribution in [0, 0.1) is 5.92 Å². The van der Waals surface area contributed by atoms with Gasteiger partial charge in [0.25, 0.3) is 0 Å². The van der Waals surface area contributed by atoms with Crippen LogP contribution in [0.5, 0.6) is 17.2 Å². The van der Waals surface area contributed by atoms with E-state index in [0.29, 0.717) is 31.2 Å². The second kappa shape index (κ2) is 9.34. The zero-order valence-corrected chi connectivity index (χ0v) is 15.8. The fraction of sp³-hybridized carbons (Fsp3) is 0.579. The molecule has 1 aromatic rings. The lowest BCUT2D eigenvalue weighted by atomic mass is 9.95. The lowest BCUT2D eigenvalue weighted by Gasteiger charge is -2.34. The minimum atomic E-state index is -0.235. The van der Waals surface area contributed by atoms with Crippen LogP contribution in [0.3, 0.4) is 0 Å². The molecule has 0 saturated carbocycles. The lowest BCUT2D eigenvalue weighted by Crippen LogP contribution is -2.47. The highest BCUT2D eigenvalue weighted by Gasteiger charge is 2.23. The first-order valence-electron chi connectivity index (χ1n) is 9.49. The number of primary amides is 1. The largest absolute Gasteiger partial charge is 0.492 e. The Morgan fingerprint density at radius 1 is 1.41 bits per heavy atom. The standard InChI is InChI=1S/C19H28N4O4/c1-2-21-19(23-8-3-4-14(12-23)10-18(20)24)22-7-9-25-15-5-6-16-17(11-15)27-13-26-16/h5-6,11,14H,2-4,7-10,12-13H2,1H3,(H2,20,24)(H,21,22). The number of hydrogen-bond donors (Lipinski definition) is 2. The Morgan fingerprint density at radius 2 is 2.26 bits per heavy atom. The number of aliphatic imine (C=N–C) groups is 1. The summed E-state index contributed by atoms with van der Waals surface area (Å²) in [6.45, 7) is 5.83. The third kappa shape index (κ3) is 5.42. The number of fused-ring (bicyclic) bond motifs is 1. The Balaban J connectivity index is 1.51. The van der Waals surface area contributed by atoms with E-state index in [9.17, 15) is 4.79 Å². The van der Waals surface area contributed by atoms with Crippen molar-refractivity contribution in [2.75, 3.05) is 39.6 Å². The number of piperidine rings is 1. The summed E-state index contributed by atoms with van der Waals surface area (Å²) in [5, 5.41) is 3.33. The molecule has 2 aliphatic rings. The van der Waals surface area contributed by atoms with E-state index in [2.05, 4.69) is 15.2 Å². The molecule has 2 heterocycles. The Morgan fingerprint density at radius 3 is 3.07 bits per heavy atom. The fourth-order valence-electron chi connectivity index (χ4n) is 3.42. The van der Waals surface area contributed by atoms with Gasteiger partial charge in [0, 0.05) is 32.1 Å². The fourth-order valence-corrected chi connectivity index (χ4v) is 3.42. The van der Waals surface area contributed by atoms with Crippen LogP contribution in [0.25, 0.3) is 0 Å². The molecule has 2 aliphatic heterocycles. The summed E-state index contributed by atoms with van der Waals surface area (Å²) >= 11 is 0. The number of rotatable bonds is 7. The summed E-state index contributed by atoms with van der Waals surface area (Å²) < 4.78 is 16.4. The molecule has 3 N–H and O–H groups in total. The number of nitrogens with zero attached hydrogens (tertiary/aromatic N) is 2. The third-order valence-electron chi connectivity index (χ3n) is 4.61. The number of benzene rings is 1. The number of ether oxygens (including phenoxy) is 3. The quantitative estimate of drug-likeness (QED) is 0.423. The predicted octanol–water partition coefficient (Wildman–Crippen LogP) is 1.35. The summed E-state index contributed by atoms with van der Waals surface area (Å²) in [4.78, 5) is 18.1. The van der Waals surface area contributed by atoms with Gasteiger partial charge in [-0.3, -0.25) is 4.79 Å². The molecule has 3 rings (SSSR count). The molecule has 1 aromatic carbocycles. The van der Waals surface area contributed by atoms with Crippen LogP contribution in [0.15, 0.2) is 23.2 Å². The lowest BCUT2D eigenvalue weighted by molar-refractivity contribution is -0.119. The molecule has 8 heteroatoms. The molecule has 1 saturated heterocycles. The van der Waals surface area contributed by atoms with Gasteiger partial charge >= 0.3 is 0 Å². The van der Waals surface area contributed by atoms with Gasteiger partial charge < -0.3 is 30.2 Å². The van der Waals surface area contributed by atoms with Crippen LogP contribution in [-0.4, -0.2) is 56.3 Å². The number of guanidine groups is 1. The maximum Gasteiger partial charge on any atom is 0.231 e.